The van der Waals surface area contributed by atoms with E-state index in [1.807, 2.05) is 7.05 Å². The molecule has 5 nitrogen and oxygen atoms in total. The van der Waals surface area contributed by atoms with Crippen LogP contribution in [0.5, 0.6) is 0 Å². The molecule has 3 unspecified atom stereocenters. The first-order valence-corrected chi connectivity index (χ1v) is 10.2. The standard InChI is InChI=1S/C18H36N4OS/c1-14-10-22(11-15(2)23-14)17(3,4)12-20-16(19-6)21-13-18(5)8-7-9-24-18/h14-15H,7-13H2,1-6H3,(H2,19,20,21). The molecule has 0 aromatic rings. The number of nitrogens with one attached hydrogen (secondary N) is 2. The normalized spacial score (nSPS) is 32.8. The molecule has 2 aliphatic rings. The Balaban J connectivity index is 1.82. The predicted molar refractivity (Wildman–Crippen MR) is 105 cm³/mol. The molecule has 2 aliphatic heterocycles. The minimum Gasteiger partial charge on any atom is -0.373 e. The molecular weight excluding hydrogens is 320 g/mol. The van der Waals surface area contributed by atoms with Gasteiger partial charge in [-0.1, -0.05) is 0 Å². The smallest absolute Gasteiger partial charge is 0.191 e. The lowest BCUT2D eigenvalue weighted by atomic mass is 10.00. The van der Waals surface area contributed by atoms with Gasteiger partial charge in [0.05, 0.1) is 12.2 Å². The van der Waals surface area contributed by atoms with E-state index in [1.54, 1.807) is 0 Å². The molecule has 0 amide bonds. The van der Waals surface area contributed by atoms with Crippen molar-refractivity contribution in [3.05, 3.63) is 0 Å². The maximum absolute atomic E-state index is 5.86. The van der Waals surface area contributed by atoms with Crippen molar-refractivity contribution in [3.63, 3.8) is 0 Å². The lowest BCUT2D eigenvalue weighted by molar-refractivity contribution is -0.0946. The Morgan fingerprint density at radius 1 is 1.29 bits per heavy atom. The Morgan fingerprint density at radius 2 is 1.96 bits per heavy atom. The highest BCUT2D eigenvalue weighted by atomic mass is 32.2. The largest absolute Gasteiger partial charge is 0.373 e. The van der Waals surface area contributed by atoms with Crippen LogP contribution in [-0.4, -0.2) is 72.3 Å². The third-order valence-electron chi connectivity index (χ3n) is 5.12. The highest BCUT2D eigenvalue weighted by molar-refractivity contribution is 8.00. The van der Waals surface area contributed by atoms with Gasteiger partial charge in [0.2, 0.25) is 0 Å². The number of morpholine rings is 1. The van der Waals surface area contributed by atoms with Crippen molar-refractivity contribution in [3.8, 4) is 0 Å². The molecule has 2 N–H and O–H groups in total. The predicted octanol–water partition coefficient (Wildman–Crippen LogP) is 2.32. The molecule has 2 saturated heterocycles. The fourth-order valence-electron chi connectivity index (χ4n) is 3.55. The topological polar surface area (TPSA) is 48.9 Å². The second kappa shape index (κ2) is 8.28. The van der Waals surface area contributed by atoms with Crippen LogP contribution in [-0.2, 0) is 4.74 Å². The average molecular weight is 357 g/mol. The summed E-state index contributed by atoms with van der Waals surface area (Å²) in [5.74, 6) is 2.19. The first-order valence-electron chi connectivity index (χ1n) is 9.23. The summed E-state index contributed by atoms with van der Waals surface area (Å²) in [5, 5.41) is 7.04. The molecular formula is C18H36N4OS. The van der Waals surface area contributed by atoms with E-state index in [4.69, 9.17) is 4.74 Å². The zero-order chi connectivity index (χ0) is 17.8. The van der Waals surface area contributed by atoms with Crippen LogP contribution in [0.1, 0.15) is 47.5 Å². The molecule has 0 aromatic heterocycles. The number of guanidine groups is 1. The molecule has 0 saturated carbocycles. The molecule has 24 heavy (non-hydrogen) atoms. The first kappa shape index (κ1) is 19.9. The Kier molecular flexibility index (Phi) is 6.85. The van der Waals surface area contributed by atoms with E-state index in [1.165, 1.54) is 18.6 Å². The number of thioether (sulfide) groups is 1. The molecule has 0 radical (unpaired) electrons. The van der Waals surface area contributed by atoms with Crippen LogP contribution in [0.2, 0.25) is 0 Å². The molecule has 0 bridgehead atoms. The molecule has 3 atom stereocenters. The van der Waals surface area contributed by atoms with Crippen molar-refractivity contribution < 1.29 is 4.74 Å². The number of nitrogens with zero attached hydrogens (tertiary/aromatic N) is 2. The van der Waals surface area contributed by atoms with Crippen molar-refractivity contribution in [2.45, 2.75) is 70.0 Å². The van der Waals surface area contributed by atoms with Crippen molar-refractivity contribution in [1.29, 1.82) is 0 Å². The minimum absolute atomic E-state index is 0.0654. The SMILES string of the molecule is CN=C(NCC1(C)CCCS1)NCC(C)(C)N1CC(C)OC(C)C1. The van der Waals surface area contributed by atoms with Gasteiger partial charge in [0.15, 0.2) is 5.96 Å². The van der Waals surface area contributed by atoms with Crippen molar-refractivity contribution in [2.75, 3.05) is 39.0 Å². The zero-order valence-electron chi connectivity index (χ0n) is 16.3. The summed E-state index contributed by atoms with van der Waals surface area (Å²) < 4.78 is 6.21. The number of ether oxygens (including phenoxy) is 1. The van der Waals surface area contributed by atoms with Gasteiger partial charge < -0.3 is 15.4 Å². The van der Waals surface area contributed by atoms with Gasteiger partial charge in [0.1, 0.15) is 0 Å². The van der Waals surface area contributed by atoms with Gasteiger partial charge in [-0.3, -0.25) is 9.89 Å². The Bertz CT molecular complexity index is 425. The van der Waals surface area contributed by atoms with Gasteiger partial charge in [-0.15, -0.1) is 0 Å². The van der Waals surface area contributed by atoms with Crippen LogP contribution < -0.4 is 10.6 Å². The van der Waals surface area contributed by atoms with Crippen LogP contribution in [0.25, 0.3) is 0 Å². The summed E-state index contributed by atoms with van der Waals surface area (Å²) in [6.45, 7) is 15.1. The van der Waals surface area contributed by atoms with E-state index in [0.717, 1.165) is 32.1 Å². The van der Waals surface area contributed by atoms with Gasteiger partial charge in [-0.25, -0.2) is 0 Å². The monoisotopic (exact) mass is 356 g/mol. The van der Waals surface area contributed by atoms with Crippen LogP contribution in [0, 0.1) is 0 Å². The van der Waals surface area contributed by atoms with Gasteiger partial charge >= 0.3 is 0 Å². The molecule has 0 spiro atoms. The lowest BCUT2D eigenvalue weighted by Crippen LogP contribution is -2.59. The van der Waals surface area contributed by atoms with E-state index >= 15 is 0 Å². The van der Waals surface area contributed by atoms with E-state index < -0.39 is 0 Å². The summed E-state index contributed by atoms with van der Waals surface area (Å²) in [5.41, 5.74) is 0.0654. The Hall–Kier alpha value is -0.460. The molecule has 6 heteroatoms. The highest BCUT2D eigenvalue weighted by Crippen LogP contribution is 2.36. The van der Waals surface area contributed by atoms with Crippen LogP contribution in [0.3, 0.4) is 0 Å². The van der Waals surface area contributed by atoms with Gasteiger partial charge in [0.25, 0.3) is 0 Å². The molecule has 2 heterocycles. The second-order valence-electron chi connectivity index (χ2n) is 8.16. The highest BCUT2D eigenvalue weighted by Gasteiger charge is 2.33. The lowest BCUT2D eigenvalue weighted by Gasteiger charge is -2.45. The van der Waals surface area contributed by atoms with Crippen LogP contribution in [0.4, 0.5) is 0 Å². The first-order chi connectivity index (χ1) is 11.2. The van der Waals surface area contributed by atoms with Gasteiger partial charge in [-0.05, 0) is 53.2 Å². The molecule has 0 aromatic carbocycles. The zero-order valence-corrected chi connectivity index (χ0v) is 17.1. The third kappa shape index (κ3) is 5.53. The number of rotatable bonds is 5. The number of hydrogen-bond donors (Lipinski definition) is 2. The summed E-state index contributed by atoms with van der Waals surface area (Å²) in [4.78, 5) is 6.93. The van der Waals surface area contributed by atoms with Crippen LogP contribution >= 0.6 is 11.8 Å². The van der Waals surface area contributed by atoms with E-state index in [-0.39, 0.29) is 5.54 Å². The Labute approximate surface area is 152 Å². The summed E-state index contributed by atoms with van der Waals surface area (Å²) in [7, 11) is 1.85. The van der Waals surface area contributed by atoms with Gasteiger partial charge in [0, 0.05) is 43.5 Å². The van der Waals surface area contributed by atoms with Gasteiger partial charge in [-0.2, -0.15) is 11.8 Å². The second-order valence-corrected chi connectivity index (χ2v) is 9.84. The molecule has 0 aliphatic carbocycles. The fourth-order valence-corrected chi connectivity index (χ4v) is 4.80. The third-order valence-corrected chi connectivity index (χ3v) is 6.66. The quantitative estimate of drug-likeness (QED) is 0.585. The minimum atomic E-state index is 0.0654. The van der Waals surface area contributed by atoms with E-state index in [2.05, 4.69) is 66.9 Å². The summed E-state index contributed by atoms with van der Waals surface area (Å²) in [6, 6.07) is 0. The fraction of sp³-hybridized carbons (Fsp3) is 0.944. The van der Waals surface area contributed by atoms with Crippen LogP contribution in [0.15, 0.2) is 4.99 Å². The Morgan fingerprint density at radius 3 is 2.50 bits per heavy atom. The van der Waals surface area contributed by atoms with Crippen molar-refractivity contribution in [2.24, 2.45) is 4.99 Å². The summed E-state index contributed by atoms with van der Waals surface area (Å²) >= 11 is 2.08. The molecule has 2 rings (SSSR count). The molecule has 2 fully saturated rings. The number of hydrogen-bond acceptors (Lipinski definition) is 4. The average Bonchev–Trinajstić information content (AvgIpc) is 2.93. The summed E-state index contributed by atoms with van der Waals surface area (Å²) in [6.07, 6.45) is 3.21. The van der Waals surface area contributed by atoms with E-state index in [9.17, 15) is 0 Å². The number of aliphatic imine (C=N–C) groups is 1. The maximum Gasteiger partial charge on any atom is 0.191 e. The van der Waals surface area contributed by atoms with Crippen molar-refractivity contribution in [1.82, 2.24) is 15.5 Å². The maximum atomic E-state index is 5.86. The van der Waals surface area contributed by atoms with E-state index in [0.29, 0.717) is 17.0 Å². The molecule has 140 valence electrons. The van der Waals surface area contributed by atoms with Crippen molar-refractivity contribution >= 4 is 17.7 Å².